The molecule has 0 spiro atoms. The molecule has 4 nitrogen and oxygen atoms in total. The van der Waals surface area contributed by atoms with Gasteiger partial charge in [-0.25, -0.2) is 17.1 Å². The minimum atomic E-state index is -3.10. The number of hydrogen-bond acceptors (Lipinski definition) is 3. The molecule has 1 fully saturated rings. The first kappa shape index (κ1) is 16.9. The van der Waals surface area contributed by atoms with Crippen LogP contribution in [0.5, 0.6) is 0 Å². The van der Waals surface area contributed by atoms with Gasteiger partial charge in [-0.1, -0.05) is 15.9 Å². The third kappa shape index (κ3) is 5.02. The van der Waals surface area contributed by atoms with Crippen LogP contribution in [0.3, 0.4) is 0 Å². The second kappa shape index (κ2) is 7.17. The number of nitrogens with one attached hydrogen (secondary N) is 1. The predicted molar refractivity (Wildman–Crippen MR) is 84.9 cm³/mol. The molecule has 118 valence electrons. The fourth-order valence-electron chi connectivity index (χ4n) is 2.58. The zero-order valence-corrected chi connectivity index (χ0v) is 14.4. The lowest BCUT2D eigenvalue weighted by Gasteiger charge is -2.31. The van der Waals surface area contributed by atoms with Gasteiger partial charge in [0, 0.05) is 24.1 Å². The van der Waals surface area contributed by atoms with Gasteiger partial charge in [0.2, 0.25) is 10.0 Å². The molecule has 1 aromatic rings. The SMILES string of the molecule is CS(=O)(=O)N1CCCC(CNCc2cc(F)ccc2Br)C1. The summed E-state index contributed by atoms with van der Waals surface area (Å²) in [7, 11) is -3.10. The molecule has 7 heteroatoms. The van der Waals surface area contributed by atoms with Crippen LogP contribution in [0.2, 0.25) is 0 Å². The van der Waals surface area contributed by atoms with E-state index in [9.17, 15) is 12.8 Å². The lowest BCUT2D eigenvalue weighted by atomic mass is 9.99. The van der Waals surface area contributed by atoms with Crippen LogP contribution in [0.15, 0.2) is 22.7 Å². The third-order valence-corrected chi connectivity index (χ3v) is 5.75. The van der Waals surface area contributed by atoms with Gasteiger partial charge in [0.05, 0.1) is 6.26 Å². The molecule has 1 saturated heterocycles. The molecule has 1 heterocycles. The Kier molecular flexibility index (Phi) is 5.76. The van der Waals surface area contributed by atoms with E-state index in [0.717, 1.165) is 29.4 Å². The van der Waals surface area contributed by atoms with Gasteiger partial charge in [-0.15, -0.1) is 0 Å². The van der Waals surface area contributed by atoms with Crippen molar-refractivity contribution in [3.63, 3.8) is 0 Å². The second-order valence-corrected chi connectivity index (χ2v) is 8.33. The number of nitrogens with zero attached hydrogens (tertiary/aromatic N) is 1. The van der Waals surface area contributed by atoms with Crippen molar-refractivity contribution in [3.8, 4) is 0 Å². The Labute approximate surface area is 133 Å². The van der Waals surface area contributed by atoms with Crippen molar-refractivity contribution in [2.24, 2.45) is 5.92 Å². The van der Waals surface area contributed by atoms with Gasteiger partial charge >= 0.3 is 0 Å². The topological polar surface area (TPSA) is 49.4 Å². The Bertz CT molecular complexity index is 595. The molecule has 0 aromatic heterocycles. The van der Waals surface area contributed by atoms with Crippen molar-refractivity contribution in [1.82, 2.24) is 9.62 Å². The molecule has 0 bridgehead atoms. The van der Waals surface area contributed by atoms with E-state index in [1.165, 1.54) is 18.4 Å². The van der Waals surface area contributed by atoms with Crippen LogP contribution in [0.1, 0.15) is 18.4 Å². The summed E-state index contributed by atoms with van der Waals surface area (Å²) < 4.78 is 38.7. The molecule has 1 unspecified atom stereocenters. The summed E-state index contributed by atoms with van der Waals surface area (Å²) in [4.78, 5) is 0. The highest BCUT2D eigenvalue weighted by Gasteiger charge is 2.25. The highest BCUT2D eigenvalue weighted by molar-refractivity contribution is 9.10. The summed E-state index contributed by atoms with van der Waals surface area (Å²) in [6.45, 7) is 2.48. The standard InChI is InChI=1S/C14H20BrFN2O2S/c1-21(19,20)18-6-2-3-11(10-18)8-17-9-12-7-13(16)4-5-14(12)15/h4-5,7,11,17H,2-3,6,8-10H2,1H3. The number of piperidine rings is 1. The largest absolute Gasteiger partial charge is 0.312 e. The summed E-state index contributed by atoms with van der Waals surface area (Å²) in [5.74, 6) is 0.0525. The number of sulfonamides is 1. The Morgan fingerprint density at radius 3 is 2.95 bits per heavy atom. The van der Waals surface area contributed by atoms with Crippen LogP contribution >= 0.6 is 15.9 Å². The van der Waals surface area contributed by atoms with Crippen LogP contribution in [0.4, 0.5) is 4.39 Å². The van der Waals surface area contributed by atoms with E-state index in [0.29, 0.717) is 25.6 Å². The summed E-state index contributed by atoms with van der Waals surface area (Å²) in [6, 6.07) is 4.61. The average Bonchev–Trinajstić information content (AvgIpc) is 2.42. The third-order valence-electron chi connectivity index (χ3n) is 3.71. The molecular weight excluding hydrogens is 359 g/mol. The summed E-state index contributed by atoms with van der Waals surface area (Å²) in [5.41, 5.74) is 0.866. The molecule has 1 N–H and O–H groups in total. The molecule has 1 aliphatic rings. The molecule has 0 saturated carbocycles. The minimum absolute atomic E-state index is 0.254. The Balaban J connectivity index is 1.84. The monoisotopic (exact) mass is 378 g/mol. The highest BCUT2D eigenvalue weighted by atomic mass is 79.9. The quantitative estimate of drug-likeness (QED) is 0.855. The van der Waals surface area contributed by atoms with Crippen molar-refractivity contribution < 1.29 is 12.8 Å². The number of hydrogen-bond donors (Lipinski definition) is 1. The fourth-order valence-corrected chi connectivity index (χ4v) is 3.91. The average molecular weight is 379 g/mol. The molecule has 1 atom stereocenters. The molecule has 0 amide bonds. The summed E-state index contributed by atoms with van der Waals surface area (Å²) >= 11 is 3.40. The maximum Gasteiger partial charge on any atom is 0.211 e. The normalized spacial score (nSPS) is 20.6. The Morgan fingerprint density at radius 1 is 1.48 bits per heavy atom. The van der Waals surface area contributed by atoms with E-state index in [4.69, 9.17) is 0 Å². The van der Waals surface area contributed by atoms with E-state index in [1.807, 2.05) is 0 Å². The maximum atomic E-state index is 13.2. The zero-order valence-electron chi connectivity index (χ0n) is 12.0. The zero-order chi connectivity index (χ0) is 15.5. The van der Waals surface area contributed by atoms with Crippen molar-refractivity contribution in [2.75, 3.05) is 25.9 Å². The predicted octanol–water partition coefficient (Wildman–Crippen LogP) is 2.35. The maximum absolute atomic E-state index is 13.2. The molecule has 1 aliphatic heterocycles. The Morgan fingerprint density at radius 2 is 2.24 bits per heavy atom. The van der Waals surface area contributed by atoms with Gasteiger partial charge < -0.3 is 5.32 Å². The van der Waals surface area contributed by atoms with Crippen LogP contribution in [0.25, 0.3) is 0 Å². The molecule has 2 rings (SSSR count). The van der Waals surface area contributed by atoms with Gasteiger partial charge in [0.1, 0.15) is 5.82 Å². The van der Waals surface area contributed by atoms with Crippen LogP contribution < -0.4 is 5.32 Å². The van der Waals surface area contributed by atoms with Gasteiger partial charge in [0.25, 0.3) is 0 Å². The minimum Gasteiger partial charge on any atom is -0.312 e. The lowest BCUT2D eigenvalue weighted by molar-refractivity contribution is 0.261. The highest BCUT2D eigenvalue weighted by Crippen LogP contribution is 2.20. The van der Waals surface area contributed by atoms with Gasteiger partial charge in [0.15, 0.2) is 0 Å². The number of halogens is 2. The van der Waals surface area contributed by atoms with E-state index in [2.05, 4.69) is 21.2 Å². The lowest BCUT2D eigenvalue weighted by Crippen LogP contribution is -2.42. The molecular formula is C14H20BrFN2O2S. The smallest absolute Gasteiger partial charge is 0.211 e. The van der Waals surface area contributed by atoms with E-state index < -0.39 is 10.0 Å². The van der Waals surface area contributed by atoms with Gasteiger partial charge in [-0.3, -0.25) is 0 Å². The first-order chi connectivity index (χ1) is 9.86. The first-order valence-electron chi connectivity index (χ1n) is 6.96. The second-order valence-electron chi connectivity index (χ2n) is 5.50. The van der Waals surface area contributed by atoms with Crippen LogP contribution in [-0.4, -0.2) is 38.6 Å². The van der Waals surface area contributed by atoms with Crippen LogP contribution in [-0.2, 0) is 16.6 Å². The summed E-state index contributed by atoms with van der Waals surface area (Å²) in [5, 5.41) is 3.29. The van der Waals surface area contributed by atoms with Crippen LogP contribution in [0, 0.1) is 11.7 Å². The number of rotatable bonds is 5. The molecule has 0 radical (unpaired) electrons. The van der Waals surface area contributed by atoms with Gasteiger partial charge in [-0.05, 0) is 49.1 Å². The number of benzene rings is 1. The van der Waals surface area contributed by atoms with E-state index in [1.54, 1.807) is 10.4 Å². The van der Waals surface area contributed by atoms with E-state index >= 15 is 0 Å². The van der Waals surface area contributed by atoms with Crippen molar-refractivity contribution in [1.29, 1.82) is 0 Å². The van der Waals surface area contributed by atoms with E-state index in [-0.39, 0.29) is 5.82 Å². The van der Waals surface area contributed by atoms with Crippen molar-refractivity contribution >= 4 is 26.0 Å². The summed E-state index contributed by atoms with van der Waals surface area (Å²) in [6.07, 6.45) is 3.17. The first-order valence-corrected chi connectivity index (χ1v) is 9.60. The fraction of sp³-hybridized carbons (Fsp3) is 0.571. The molecule has 0 aliphatic carbocycles. The molecule has 21 heavy (non-hydrogen) atoms. The van der Waals surface area contributed by atoms with Crippen molar-refractivity contribution in [2.45, 2.75) is 19.4 Å². The van der Waals surface area contributed by atoms with Gasteiger partial charge in [-0.2, -0.15) is 0 Å². The molecule has 1 aromatic carbocycles. The van der Waals surface area contributed by atoms with Crippen molar-refractivity contribution in [3.05, 3.63) is 34.1 Å². The Hall–Kier alpha value is -0.500.